The molecule has 4 rings (SSSR count). The van der Waals surface area contributed by atoms with E-state index in [0.717, 1.165) is 78.0 Å². The van der Waals surface area contributed by atoms with Crippen LogP contribution in [-0.2, 0) is 19.3 Å². The first-order valence-electron chi connectivity index (χ1n) is 16.3. The quantitative estimate of drug-likeness (QED) is 0.214. The van der Waals surface area contributed by atoms with Crippen LogP contribution in [0.15, 0.2) is 42.5 Å². The first kappa shape index (κ1) is 31.3. The molecule has 3 heteroatoms. The minimum Gasteiger partial charge on any atom is -0.493 e. The number of ether oxygens (including phenoxy) is 1. The smallest absolute Gasteiger partial charge is 0.167 e. The van der Waals surface area contributed by atoms with Crippen molar-refractivity contribution in [2.45, 2.75) is 112 Å². The highest BCUT2D eigenvalue weighted by Gasteiger charge is 2.23. The van der Waals surface area contributed by atoms with Crippen LogP contribution in [-0.4, -0.2) is 6.61 Å². The van der Waals surface area contributed by atoms with Crippen molar-refractivity contribution in [2.24, 2.45) is 11.8 Å². The maximum absolute atomic E-state index is 15.9. The lowest BCUT2D eigenvalue weighted by atomic mass is 9.79. The van der Waals surface area contributed by atoms with Gasteiger partial charge >= 0.3 is 0 Å². The highest BCUT2D eigenvalue weighted by molar-refractivity contribution is 5.76. The van der Waals surface area contributed by atoms with Gasteiger partial charge in [0.1, 0.15) is 5.75 Å². The van der Waals surface area contributed by atoms with Crippen LogP contribution in [0.25, 0.3) is 22.3 Å². The second kappa shape index (κ2) is 14.5. The largest absolute Gasteiger partial charge is 0.493 e. The second-order valence-electron chi connectivity index (χ2n) is 12.1. The Morgan fingerprint density at radius 3 is 1.93 bits per heavy atom. The Morgan fingerprint density at radius 2 is 1.34 bits per heavy atom. The lowest BCUT2D eigenvalue weighted by Gasteiger charge is -2.26. The van der Waals surface area contributed by atoms with E-state index in [1.165, 1.54) is 31.2 Å². The van der Waals surface area contributed by atoms with Crippen molar-refractivity contribution in [1.29, 1.82) is 0 Å². The molecule has 222 valence electrons. The number of hydrogen-bond donors (Lipinski definition) is 0. The molecule has 0 aliphatic heterocycles. The summed E-state index contributed by atoms with van der Waals surface area (Å²) in [5, 5.41) is 0. The number of hydrogen-bond acceptors (Lipinski definition) is 1. The maximum Gasteiger partial charge on any atom is 0.167 e. The van der Waals surface area contributed by atoms with E-state index in [0.29, 0.717) is 29.6 Å². The SMILES string of the molecule is CCc1cc(-c2ccc(-c3ccc(C4CCC(C)CC4)cc3)c(F)c2F)c(CC)c(CC)c1OCCC(CC)CC. The van der Waals surface area contributed by atoms with Gasteiger partial charge in [0.15, 0.2) is 11.6 Å². The predicted octanol–water partition coefficient (Wildman–Crippen LogP) is 11.5. The van der Waals surface area contributed by atoms with Gasteiger partial charge in [-0.1, -0.05) is 104 Å². The average molecular weight is 561 g/mol. The Morgan fingerprint density at radius 1 is 0.732 bits per heavy atom. The van der Waals surface area contributed by atoms with Crippen LogP contribution in [0.5, 0.6) is 5.75 Å². The van der Waals surface area contributed by atoms with E-state index in [1.807, 2.05) is 18.2 Å². The van der Waals surface area contributed by atoms with Gasteiger partial charge in [0, 0.05) is 11.1 Å². The van der Waals surface area contributed by atoms with Crippen molar-refractivity contribution >= 4 is 0 Å². The molecule has 0 radical (unpaired) electrons. The van der Waals surface area contributed by atoms with Gasteiger partial charge in [-0.2, -0.15) is 0 Å². The fourth-order valence-electron chi connectivity index (χ4n) is 6.81. The summed E-state index contributed by atoms with van der Waals surface area (Å²) in [7, 11) is 0. The maximum atomic E-state index is 15.9. The summed E-state index contributed by atoms with van der Waals surface area (Å²) in [5.74, 6) is 1.45. The summed E-state index contributed by atoms with van der Waals surface area (Å²) in [6.45, 7) is 13.8. The van der Waals surface area contributed by atoms with Crippen molar-refractivity contribution in [3.8, 4) is 28.0 Å². The summed E-state index contributed by atoms with van der Waals surface area (Å²) < 4.78 is 38.1. The Kier molecular flexibility index (Phi) is 11.0. The summed E-state index contributed by atoms with van der Waals surface area (Å²) >= 11 is 0. The van der Waals surface area contributed by atoms with Crippen molar-refractivity contribution in [2.75, 3.05) is 6.61 Å². The molecule has 0 heterocycles. The monoisotopic (exact) mass is 560 g/mol. The van der Waals surface area contributed by atoms with Crippen LogP contribution in [0.1, 0.15) is 115 Å². The summed E-state index contributed by atoms with van der Waals surface area (Å²) in [5.41, 5.74) is 6.73. The topological polar surface area (TPSA) is 9.23 Å². The van der Waals surface area contributed by atoms with Gasteiger partial charge in [-0.3, -0.25) is 0 Å². The molecule has 3 aromatic rings. The number of rotatable bonds is 12. The third-order valence-corrected chi connectivity index (χ3v) is 9.67. The Labute approximate surface area is 247 Å². The van der Waals surface area contributed by atoms with Gasteiger partial charge in [-0.25, -0.2) is 8.78 Å². The molecule has 0 bridgehead atoms. The number of aryl methyl sites for hydroxylation is 1. The Hall–Kier alpha value is -2.68. The van der Waals surface area contributed by atoms with Crippen LogP contribution >= 0.6 is 0 Å². The van der Waals surface area contributed by atoms with Crippen LogP contribution in [0.4, 0.5) is 8.78 Å². The molecule has 0 amide bonds. The number of halogens is 2. The van der Waals surface area contributed by atoms with Crippen LogP contribution in [0.2, 0.25) is 0 Å². The van der Waals surface area contributed by atoms with Crippen LogP contribution < -0.4 is 4.74 Å². The molecule has 1 aliphatic carbocycles. The molecule has 0 unspecified atom stereocenters. The second-order valence-corrected chi connectivity index (χ2v) is 12.1. The lowest BCUT2D eigenvalue weighted by Crippen LogP contribution is -2.10. The summed E-state index contributed by atoms with van der Waals surface area (Å²) in [6, 6.07) is 13.7. The van der Waals surface area contributed by atoms with Crippen molar-refractivity contribution in [3.63, 3.8) is 0 Å². The van der Waals surface area contributed by atoms with Crippen molar-refractivity contribution in [1.82, 2.24) is 0 Å². The average Bonchev–Trinajstić information content (AvgIpc) is 3.00. The summed E-state index contributed by atoms with van der Waals surface area (Å²) in [4.78, 5) is 0. The Bertz CT molecular complexity index is 1280. The molecule has 0 saturated heterocycles. The minimum atomic E-state index is -0.773. The predicted molar refractivity (Wildman–Crippen MR) is 170 cm³/mol. The third-order valence-electron chi connectivity index (χ3n) is 9.67. The first-order chi connectivity index (χ1) is 19.9. The molecule has 0 aromatic heterocycles. The van der Waals surface area contributed by atoms with E-state index in [1.54, 1.807) is 12.1 Å². The van der Waals surface area contributed by atoms with E-state index in [2.05, 4.69) is 53.7 Å². The van der Waals surface area contributed by atoms with Crippen molar-refractivity contribution < 1.29 is 13.5 Å². The van der Waals surface area contributed by atoms with E-state index in [4.69, 9.17) is 4.74 Å². The fraction of sp³-hybridized carbons (Fsp3) is 0.526. The van der Waals surface area contributed by atoms with E-state index < -0.39 is 11.6 Å². The molecular weight excluding hydrogens is 510 g/mol. The van der Waals surface area contributed by atoms with Crippen molar-refractivity contribution in [3.05, 3.63) is 76.4 Å². The van der Waals surface area contributed by atoms with Gasteiger partial charge in [-0.15, -0.1) is 0 Å². The van der Waals surface area contributed by atoms with Gasteiger partial charge < -0.3 is 4.74 Å². The zero-order valence-corrected chi connectivity index (χ0v) is 26.2. The van der Waals surface area contributed by atoms with Gasteiger partial charge in [0.05, 0.1) is 6.61 Å². The minimum absolute atomic E-state index is 0.320. The lowest BCUT2D eigenvalue weighted by molar-refractivity contribution is 0.267. The standard InChI is InChI=1S/C38H50F2O/c1-7-26(8-2)22-23-41-38-27(9-3)24-35(31(10-4)32(38)11-5)34-21-20-33(36(39)37(34)40)30-18-16-29(17-19-30)28-14-12-25(6)13-15-28/h16-21,24-26,28H,7-15,22-23H2,1-6H3. The zero-order chi connectivity index (χ0) is 29.5. The van der Waals surface area contributed by atoms with Gasteiger partial charge in [0.25, 0.3) is 0 Å². The first-order valence-corrected chi connectivity index (χ1v) is 16.3. The van der Waals surface area contributed by atoms with Crippen LogP contribution in [0, 0.1) is 23.5 Å². The molecule has 1 aliphatic rings. The molecular formula is C38H50F2O. The number of benzene rings is 3. The molecule has 0 spiro atoms. The van der Waals surface area contributed by atoms with E-state index in [9.17, 15) is 0 Å². The normalized spacial score (nSPS) is 17.3. The summed E-state index contributed by atoms with van der Waals surface area (Å²) in [6.07, 6.45) is 10.6. The molecule has 0 atom stereocenters. The molecule has 1 saturated carbocycles. The molecule has 41 heavy (non-hydrogen) atoms. The highest BCUT2D eigenvalue weighted by atomic mass is 19.2. The Balaban J connectivity index is 1.66. The fourth-order valence-corrected chi connectivity index (χ4v) is 6.81. The molecule has 1 fully saturated rings. The van der Waals surface area contributed by atoms with Gasteiger partial charge in [0.2, 0.25) is 0 Å². The molecule has 3 aromatic carbocycles. The van der Waals surface area contributed by atoms with E-state index in [-0.39, 0.29) is 0 Å². The third kappa shape index (κ3) is 6.87. The highest BCUT2D eigenvalue weighted by Crippen LogP contribution is 2.41. The van der Waals surface area contributed by atoms with Gasteiger partial charge in [-0.05, 0) is 95.7 Å². The van der Waals surface area contributed by atoms with Crippen LogP contribution in [0.3, 0.4) is 0 Å². The van der Waals surface area contributed by atoms with E-state index >= 15 is 8.78 Å². The zero-order valence-electron chi connectivity index (χ0n) is 26.2. The molecule has 0 N–H and O–H groups in total. The molecule has 1 nitrogen and oxygen atoms in total.